The van der Waals surface area contributed by atoms with E-state index in [9.17, 15) is 8.78 Å². The second-order valence-electron chi connectivity index (χ2n) is 7.94. The van der Waals surface area contributed by atoms with Crippen molar-refractivity contribution in [1.29, 1.82) is 0 Å². The second kappa shape index (κ2) is 10.2. The minimum absolute atomic E-state index is 0.229. The van der Waals surface area contributed by atoms with Crippen LogP contribution in [-0.4, -0.2) is 0 Å². The summed E-state index contributed by atoms with van der Waals surface area (Å²) < 4.78 is 28.4. The van der Waals surface area contributed by atoms with E-state index in [1.165, 1.54) is 38.5 Å². The lowest BCUT2D eigenvalue weighted by atomic mass is 9.79. The van der Waals surface area contributed by atoms with Crippen LogP contribution in [0.25, 0.3) is 0 Å². The van der Waals surface area contributed by atoms with E-state index in [1.807, 2.05) is 0 Å². The summed E-state index contributed by atoms with van der Waals surface area (Å²) in [6.45, 7) is 4.42. The van der Waals surface area contributed by atoms with Gasteiger partial charge in [-0.3, -0.25) is 0 Å². The molecule has 24 heavy (non-hydrogen) atoms. The summed E-state index contributed by atoms with van der Waals surface area (Å²) in [4.78, 5) is 0. The van der Waals surface area contributed by atoms with Crippen molar-refractivity contribution in [1.82, 2.24) is 0 Å². The van der Waals surface area contributed by atoms with E-state index < -0.39 is 11.7 Å². The molecule has 0 heterocycles. The Morgan fingerprint density at radius 1 is 0.792 bits per heavy atom. The fourth-order valence-corrected chi connectivity index (χ4v) is 4.52. The van der Waals surface area contributed by atoms with Gasteiger partial charge >= 0.3 is 0 Å². The maximum atomic E-state index is 14.3. The zero-order valence-electron chi connectivity index (χ0n) is 15.6. The van der Waals surface area contributed by atoms with Crippen LogP contribution in [0.3, 0.4) is 0 Å². The summed E-state index contributed by atoms with van der Waals surface area (Å²) in [7, 11) is 0. The summed E-state index contributed by atoms with van der Waals surface area (Å²) in [6.07, 6.45) is 13.1. The van der Waals surface area contributed by atoms with Crippen molar-refractivity contribution in [3.8, 4) is 11.8 Å². The molecule has 0 bridgehead atoms. The molecule has 136 valence electrons. The van der Waals surface area contributed by atoms with E-state index in [-0.39, 0.29) is 11.8 Å². The van der Waals surface area contributed by atoms with Crippen LogP contribution in [0.15, 0.2) is 11.7 Å². The molecule has 0 aromatic heterocycles. The fourth-order valence-electron chi connectivity index (χ4n) is 4.52. The molecule has 0 nitrogen and oxygen atoms in total. The first-order valence-corrected chi connectivity index (χ1v) is 10.2. The third-order valence-electron chi connectivity index (χ3n) is 6.04. The molecule has 2 rings (SSSR count). The van der Waals surface area contributed by atoms with Gasteiger partial charge in [0.05, 0.1) is 0 Å². The Morgan fingerprint density at radius 2 is 1.29 bits per heavy atom. The Bertz CT molecular complexity index is 452. The van der Waals surface area contributed by atoms with Crippen molar-refractivity contribution in [3.05, 3.63) is 11.7 Å². The SMILES string of the molecule is CCCC1CCC(C#CC(F)=C(F)C2CCC(CCC)CC2)CC1. The molecule has 2 aliphatic carbocycles. The molecule has 2 aliphatic rings. The van der Waals surface area contributed by atoms with Crippen LogP contribution >= 0.6 is 0 Å². The monoisotopic (exact) mass is 336 g/mol. The molecule has 0 aliphatic heterocycles. The van der Waals surface area contributed by atoms with Crippen LogP contribution in [0.5, 0.6) is 0 Å². The van der Waals surface area contributed by atoms with Gasteiger partial charge in [0.1, 0.15) is 5.83 Å². The summed E-state index contributed by atoms with van der Waals surface area (Å²) in [5, 5.41) is 0. The highest BCUT2D eigenvalue weighted by Gasteiger charge is 2.26. The smallest absolute Gasteiger partial charge is 0.204 e. The average molecular weight is 337 g/mol. The Balaban J connectivity index is 1.83. The van der Waals surface area contributed by atoms with Gasteiger partial charge in [-0.1, -0.05) is 45.5 Å². The van der Waals surface area contributed by atoms with Gasteiger partial charge < -0.3 is 0 Å². The van der Waals surface area contributed by atoms with Gasteiger partial charge in [-0.2, -0.15) is 4.39 Å². The molecule has 2 saturated carbocycles. The normalized spacial score (nSPS) is 31.8. The largest absolute Gasteiger partial charge is 0.208 e. The van der Waals surface area contributed by atoms with Crippen LogP contribution in [0.2, 0.25) is 0 Å². The van der Waals surface area contributed by atoms with Gasteiger partial charge in [-0.25, -0.2) is 4.39 Å². The maximum Gasteiger partial charge on any atom is 0.204 e. The molecule has 2 fully saturated rings. The molecule has 0 aromatic carbocycles. The Morgan fingerprint density at radius 3 is 1.79 bits per heavy atom. The predicted molar refractivity (Wildman–Crippen MR) is 97.7 cm³/mol. The fraction of sp³-hybridized carbons (Fsp3) is 0.818. The van der Waals surface area contributed by atoms with Crippen molar-refractivity contribution in [2.24, 2.45) is 23.7 Å². The number of halogens is 2. The molecule has 0 unspecified atom stereocenters. The molecule has 0 N–H and O–H groups in total. The minimum Gasteiger partial charge on any atom is -0.208 e. The highest BCUT2D eigenvalue weighted by molar-refractivity contribution is 5.27. The highest BCUT2D eigenvalue weighted by atomic mass is 19.2. The van der Waals surface area contributed by atoms with E-state index >= 15 is 0 Å². The van der Waals surface area contributed by atoms with Crippen molar-refractivity contribution < 1.29 is 8.78 Å². The Kier molecular flexibility index (Phi) is 8.30. The molecule has 2 heteroatoms. The van der Waals surface area contributed by atoms with Gasteiger partial charge in [-0.05, 0) is 69.1 Å². The quantitative estimate of drug-likeness (QED) is 0.460. The summed E-state index contributed by atoms with van der Waals surface area (Å²) >= 11 is 0. The third-order valence-corrected chi connectivity index (χ3v) is 6.04. The van der Waals surface area contributed by atoms with Crippen molar-refractivity contribution in [2.75, 3.05) is 0 Å². The summed E-state index contributed by atoms with van der Waals surface area (Å²) in [5.74, 6) is 5.74. The summed E-state index contributed by atoms with van der Waals surface area (Å²) in [5.41, 5.74) is 0. The van der Waals surface area contributed by atoms with E-state index in [0.29, 0.717) is 5.92 Å². The van der Waals surface area contributed by atoms with E-state index in [2.05, 4.69) is 25.7 Å². The first-order chi connectivity index (χ1) is 11.6. The Hall–Kier alpha value is -0.840. The molecular formula is C22H34F2. The second-order valence-corrected chi connectivity index (χ2v) is 7.94. The van der Waals surface area contributed by atoms with Crippen LogP contribution < -0.4 is 0 Å². The van der Waals surface area contributed by atoms with Crippen LogP contribution in [0.1, 0.15) is 90.9 Å². The molecule has 0 aromatic rings. The van der Waals surface area contributed by atoms with E-state index in [4.69, 9.17) is 0 Å². The average Bonchev–Trinajstić information content (AvgIpc) is 2.61. The maximum absolute atomic E-state index is 14.3. The lowest BCUT2D eigenvalue weighted by molar-refractivity contribution is 0.257. The Labute approximate surface area is 147 Å². The van der Waals surface area contributed by atoms with Crippen molar-refractivity contribution in [3.63, 3.8) is 0 Å². The molecule has 0 radical (unpaired) electrons. The standard InChI is InChI=1S/C22H34F2/c1-3-5-17-7-9-19(10-8-17)13-16-21(23)22(24)20-14-11-18(6-4-2)12-15-20/h17-20H,3-12,14-15H2,1-2H3. The van der Waals surface area contributed by atoms with E-state index in [1.54, 1.807) is 0 Å². The lowest BCUT2D eigenvalue weighted by Crippen LogP contribution is -2.15. The molecule has 0 atom stereocenters. The van der Waals surface area contributed by atoms with Crippen LogP contribution in [0.4, 0.5) is 8.78 Å². The number of rotatable bonds is 5. The highest BCUT2D eigenvalue weighted by Crippen LogP contribution is 2.37. The molecule has 0 spiro atoms. The third kappa shape index (κ3) is 5.91. The first kappa shape index (κ1) is 19.5. The number of allylic oxidation sites excluding steroid dienone is 2. The lowest BCUT2D eigenvalue weighted by Gasteiger charge is -2.27. The number of hydrogen-bond acceptors (Lipinski definition) is 0. The van der Waals surface area contributed by atoms with Crippen molar-refractivity contribution >= 4 is 0 Å². The molecule has 0 saturated heterocycles. The zero-order chi connectivity index (χ0) is 17.4. The molecular weight excluding hydrogens is 302 g/mol. The van der Waals surface area contributed by atoms with Crippen molar-refractivity contribution in [2.45, 2.75) is 90.9 Å². The number of hydrogen-bond donors (Lipinski definition) is 0. The van der Waals surface area contributed by atoms with Crippen LogP contribution in [0, 0.1) is 35.5 Å². The van der Waals surface area contributed by atoms with Gasteiger partial charge in [0.25, 0.3) is 0 Å². The molecule has 0 amide bonds. The van der Waals surface area contributed by atoms with Crippen LogP contribution in [-0.2, 0) is 0 Å². The zero-order valence-corrected chi connectivity index (χ0v) is 15.6. The topological polar surface area (TPSA) is 0 Å². The summed E-state index contributed by atoms with van der Waals surface area (Å²) in [6, 6.07) is 0. The van der Waals surface area contributed by atoms with Gasteiger partial charge in [0.2, 0.25) is 5.83 Å². The van der Waals surface area contributed by atoms with Gasteiger partial charge in [0, 0.05) is 11.8 Å². The predicted octanol–water partition coefficient (Wildman–Crippen LogP) is 7.35. The van der Waals surface area contributed by atoms with E-state index in [0.717, 1.165) is 44.4 Å². The first-order valence-electron chi connectivity index (χ1n) is 10.2. The van der Waals surface area contributed by atoms with Gasteiger partial charge in [0.15, 0.2) is 0 Å². The van der Waals surface area contributed by atoms with Gasteiger partial charge in [-0.15, -0.1) is 0 Å². The minimum atomic E-state index is -0.787.